The van der Waals surface area contributed by atoms with Crippen LogP contribution in [0.4, 0.5) is 0 Å². The van der Waals surface area contributed by atoms with Crippen LogP contribution in [-0.2, 0) is 13.7 Å². The molecule has 18 heavy (non-hydrogen) atoms. The zero-order valence-corrected chi connectivity index (χ0v) is 11.1. The Labute approximate surface area is 111 Å². The van der Waals surface area contributed by atoms with E-state index in [1.54, 1.807) is 17.7 Å². The fourth-order valence-electron chi connectivity index (χ4n) is 1.57. The molecule has 0 unspecified atom stereocenters. The van der Waals surface area contributed by atoms with Gasteiger partial charge in [-0.2, -0.15) is 0 Å². The smallest absolute Gasteiger partial charge is 0.147 e. The zero-order chi connectivity index (χ0) is 13.1. The van der Waals surface area contributed by atoms with Gasteiger partial charge in [-0.1, -0.05) is 23.7 Å². The SMILES string of the molecule is C[C@H](O)c1cccc(OCc2ncc(Cl)n2C)c1. The number of aliphatic hydroxyl groups excluding tert-OH is 1. The summed E-state index contributed by atoms with van der Waals surface area (Å²) in [5.41, 5.74) is 0.824. The van der Waals surface area contributed by atoms with Crippen LogP contribution in [0.1, 0.15) is 24.4 Å². The van der Waals surface area contributed by atoms with Crippen molar-refractivity contribution in [1.29, 1.82) is 0 Å². The van der Waals surface area contributed by atoms with Gasteiger partial charge in [0.2, 0.25) is 0 Å². The molecule has 5 heteroatoms. The highest BCUT2D eigenvalue weighted by atomic mass is 35.5. The van der Waals surface area contributed by atoms with Gasteiger partial charge in [0.25, 0.3) is 0 Å². The maximum atomic E-state index is 9.49. The van der Waals surface area contributed by atoms with Crippen molar-refractivity contribution in [3.05, 3.63) is 47.0 Å². The van der Waals surface area contributed by atoms with E-state index in [0.717, 1.165) is 11.4 Å². The standard InChI is InChI=1S/C13H15ClN2O2/c1-9(17)10-4-3-5-11(6-10)18-8-13-15-7-12(14)16(13)2/h3-7,9,17H,8H2,1-2H3/t9-/m0/s1. The minimum atomic E-state index is -0.504. The lowest BCUT2D eigenvalue weighted by molar-refractivity contribution is 0.198. The average molecular weight is 267 g/mol. The lowest BCUT2D eigenvalue weighted by Crippen LogP contribution is -2.04. The van der Waals surface area contributed by atoms with Crippen LogP contribution >= 0.6 is 11.6 Å². The summed E-state index contributed by atoms with van der Waals surface area (Å²) in [6, 6.07) is 7.36. The molecule has 0 fully saturated rings. The van der Waals surface area contributed by atoms with Crippen LogP contribution < -0.4 is 4.74 Å². The molecule has 1 atom stereocenters. The molecule has 1 aromatic carbocycles. The summed E-state index contributed by atoms with van der Waals surface area (Å²) >= 11 is 5.89. The van der Waals surface area contributed by atoms with Gasteiger partial charge in [0.05, 0.1) is 12.3 Å². The number of hydrogen-bond acceptors (Lipinski definition) is 3. The monoisotopic (exact) mass is 266 g/mol. The fourth-order valence-corrected chi connectivity index (χ4v) is 1.72. The molecule has 0 saturated carbocycles. The molecular weight excluding hydrogens is 252 g/mol. The Balaban J connectivity index is 2.06. The number of aliphatic hydroxyl groups is 1. The molecule has 4 nitrogen and oxygen atoms in total. The van der Waals surface area contributed by atoms with Crippen LogP contribution in [0.2, 0.25) is 5.15 Å². The van der Waals surface area contributed by atoms with Crippen molar-refractivity contribution in [3.8, 4) is 5.75 Å². The summed E-state index contributed by atoms with van der Waals surface area (Å²) in [6.45, 7) is 2.06. The molecule has 0 spiro atoms. The summed E-state index contributed by atoms with van der Waals surface area (Å²) < 4.78 is 7.39. The molecule has 0 bridgehead atoms. The second kappa shape index (κ2) is 5.42. The highest BCUT2D eigenvalue weighted by molar-refractivity contribution is 6.29. The van der Waals surface area contributed by atoms with Gasteiger partial charge in [-0.3, -0.25) is 0 Å². The Morgan fingerprint density at radius 2 is 2.28 bits per heavy atom. The number of halogens is 1. The Morgan fingerprint density at radius 1 is 1.50 bits per heavy atom. The first-order chi connectivity index (χ1) is 8.58. The highest BCUT2D eigenvalue weighted by Gasteiger charge is 2.06. The molecule has 0 saturated heterocycles. The Kier molecular flexibility index (Phi) is 3.89. The lowest BCUT2D eigenvalue weighted by atomic mass is 10.1. The van der Waals surface area contributed by atoms with E-state index in [2.05, 4.69) is 4.98 Å². The van der Waals surface area contributed by atoms with Gasteiger partial charge >= 0.3 is 0 Å². The minimum Gasteiger partial charge on any atom is -0.486 e. The first kappa shape index (κ1) is 12.9. The largest absolute Gasteiger partial charge is 0.486 e. The predicted octanol–water partition coefficient (Wildman–Crippen LogP) is 2.71. The lowest BCUT2D eigenvalue weighted by Gasteiger charge is -2.09. The van der Waals surface area contributed by atoms with Crippen molar-refractivity contribution in [3.63, 3.8) is 0 Å². The summed E-state index contributed by atoms with van der Waals surface area (Å²) in [7, 11) is 1.83. The quantitative estimate of drug-likeness (QED) is 0.926. The van der Waals surface area contributed by atoms with Crippen molar-refractivity contribution in [1.82, 2.24) is 9.55 Å². The second-order valence-corrected chi connectivity index (χ2v) is 4.48. The first-order valence-electron chi connectivity index (χ1n) is 5.65. The summed E-state index contributed by atoms with van der Waals surface area (Å²) in [6.07, 6.45) is 1.09. The molecule has 1 heterocycles. The van der Waals surface area contributed by atoms with Gasteiger partial charge in [0, 0.05) is 7.05 Å². The Bertz CT molecular complexity index is 538. The van der Waals surface area contributed by atoms with Crippen LogP contribution in [0.5, 0.6) is 5.75 Å². The molecule has 0 amide bonds. The number of imidazole rings is 1. The molecule has 96 valence electrons. The third-order valence-electron chi connectivity index (χ3n) is 2.74. The normalized spacial score (nSPS) is 12.4. The summed E-state index contributed by atoms with van der Waals surface area (Å²) in [5.74, 6) is 1.45. The van der Waals surface area contributed by atoms with Gasteiger partial charge in [0.1, 0.15) is 23.3 Å². The third-order valence-corrected chi connectivity index (χ3v) is 3.09. The molecule has 0 aliphatic rings. The van der Waals surface area contributed by atoms with Crippen LogP contribution in [0, 0.1) is 0 Å². The highest BCUT2D eigenvalue weighted by Crippen LogP contribution is 2.20. The number of nitrogens with zero attached hydrogens (tertiary/aromatic N) is 2. The predicted molar refractivity (Wildman–Crippen MR) is 69.6 cm³/mol. The maximum absolute atomic E-state index is 9.49. The van der Waals surface area contributed by atoms with Crippen molar-refractivity contribution in [2.75, 3.05) is 0 Å². The molecule has 0 aliphatic carbocycles. The molecule has 0 aliphatic heterocycles. The van der Waals surface area contributed by atoms with Crippen molar-refractivity contribution < 1.29 is 9.84 Å². The van der Waals surface area contributed by atoms with E-state index in [4.69, 9.17) is 16.3 Å². The first-order valence-corrected chi connectivity index (χ1v) is 6.02. The topological polar surface area (TPSA) is 47.3 Å². The molecular formula is C13H15ClN2O2. The molecule has 1 N–H and O–H groups in total. The van der Waals surface area contributed by atoms with E-state index in [1.165, 1.54) is 0 Å². The number of aromatic nitrogens is 2. The van der Waals surface area contributed by atoms with E-state index in [0.29, 0.717) is 17.5 Å². The van der Waals surface area contributed by atoms with E-state index in [1.807, 2.05) is 31.3 Å². The maximum Gasteiger partial charge on any atom is 0.147 e. The van der Waals surface area contributed by atoms with Crippen LogP contribution in [0.3, 0.4) is 0 Å². The van der Waals surface area contributed by atoms with Crippen LogP contribution in [0.25, 0.3) is 0 Å². The van der Waals surface area contributed by atoms with Gasteiger partial charge in [-0.15, -0.1) is 0 Å². The minimum absolute atomic E-state index is 0.340. The third kappa shape index (κ3) is 2.83. The van der Waals surface area contributed by atoms with Crippen molar-refractivity contribution in [2.24, 2.45) is 7.05 Å². The van der Waals surface area contributed by atoms with Crippen molar-refractivity contribution in [2.45, 2.75) is 19.6 Å². The van der Waals surface area contributed by atoms with Crippen molar-refractivity contribution >= 4 is 11.6 Å². The van der Waals surface area contributed by atoms with Gasteiger partial charge < -0.3 is 14.4 Å². The van der Waals surface area contributed by atoms with E-state index < -0.39 is 6.10 Å². The zero-order valence-electron chi connectivity index (χ0n) is 10.3. The average Bonchev–Trinajstić information content (AvgIpc) is 2.68. The summed E-state index contributed by atoms with van der Waals surface area (Å²) in [4.78, 5) is 4.14. The van der Waals surface area contributed by atoms with Crippen LogP contribution in [0.15, 0.2) is 30.5 Å². The Hall–Kier alpha value is -1.52. The van der Waals surface area contributed by atoms with E-state index in [9.17, 15) is 5.11 Å². The second-order valence-electron chi connectivity index (χ2n) is 4.09. The fraction of sp³-hybridized carbons (Fsp3) is 0.308. The van der Waals surface area contributed by atoms with E-state index in [-0.39, 0.29) is 0 Å². The molecule has 1 aromatic heterocycles. The molecule has 2 rings (SSSR count). The van der Waals surface area contributed by atoms with E-state index >= 15 is 0 Å². The number of ether oxygens (including phenoxy) is 1. The number of benzene rings is 1. The van der Waals surface area contributed by atoms with Crippen LogP contribution in [-0.4, -0.2) is 14.7 Å². The van der Waals surface area contributed by atoms with Gasteiger partial charge in [-0.25, -0.2) is 4.98 Å². The Morgan fingerprint density at radius 3 is 2.89 bits per heavy atom. The summed E-state index contributed by atoms with van der Waals surface area (Å²) in [5, 5.41) is 10.1. The molecule has 2 aromatic rings. The number of hydrogen-bond donors (Lipinski definition) is 1. The molecule has 0 radical (unpaired) electrons. The number of rotatable bonds is 4. The van der Waals surface area contributed by atoms with Gasteiger partial charge in [-0.05, 0) is 24.6 Å². The van der Waals surface area contributed by atoms with Gasteiger partial charge in [0.15, 0.2) is 0 Å².